The first-order valence-corrected chi connectivity index (χ1v) is 7.36. The Bertz CT molecular complexity index is 568. The lowest BCUT2D eigenvalue weighted by molar-refractivity contribution is -0.383. The second-order valence-corrected chi connectivity index (χ2v) is 5.77. The molecule has 1 aromatic rings. The number of nitrogen functional groups attached to an aromatic ring is 1. The summed E-state index contributed by atoms with van der Waals surface area (Å²) in [7, 11) is 1.70. The summed E-state index contributed by atoms with van der Waals surface area (Å²) < 4.78 is 0. The standard InChI is InChI=1S/C15H21N3O4/c1-17(11-7-5-10(9-19)6-8-11)15(20)12-3-2-4-13(14(12)16)18(21)22/h2-4,10-11,19H,5-9,16H2,1H3. The molecule has 120 valence electrons. The van der Waals surface area contributed by atoms with Gasteiger partial charge < -0.3 is 15.7 Å². The van der Waals surface area contributed by atoms with Crippen LogP contribution in [-0.2, 0) is 0 Å². The van der Waals surface area contributed by atoms with Gasteiger partial charge in [0.25, 0.3) is 11.6 Å². The van der Waals surface area contributed by atoms with Gasteiger partial charge in [0.1, 0.15) is 5.69 Å². The largest absolute Gasteiger partial charge is 0.396 e. The van der Waals surface area contributed by atoms with Gasteiger partial charge in [-0.1, -0.05) is 6.07 Å². The van der Waals surface area contributed by atoms with Crippen LogP contribution in [0.25, 0.3) is 0 Å². The highest BCUT2D eigenvalue weighted by Crippen LogP contribution is 2.30. The molecular weight excluding hydrogens is 286 g/mol. The number of anilines is 1. The first-order chi connectivity index (χ1) is 10.5. The van der Waals surface area contributed by atoms with E-state index in [-0.39, 0.29) is 35.5 Å². The van der Waals surface area contributed by atoms with Crippen LogP contribution < -0.4 is 5.73 Å². The molecule has 0 aliphatic heterocycles. The van der Waals surface area contributed by atoms with E-state index < -0.39 is 4.92 Å². The third-order valence-electron chi connectivity index (χ3n) is 4.45. The molecule has 1 aromatic carbocycles. The molecule has 0 spiro atoms. The van der Waals surface area contributed by atoms with Crippen LogP contribution in [0.1, 0.15) is 36.0 Å². The predicted molar refractivity (Wildman–Crippen MR) is 82.4 cm³/mol. The van der Waals surface area contributed by atoms with Crippen LogP contribution in [0, 0.1) is 16.0 Å². The number of nitrogens with two attached hydrogens (primary N) is 1. The molecule has 1 aliphatic rings. The first kappa shape index (κ1) is 16.2. The Morgan fingerprint density at radius 3 is 2.59 bits per heavy atom. The minimum absolute atomic E-state index is 0.0777. The molecule has 0 unspecified atom stereocenters. The fourth-order valence-electron chi connectivity index (χ4n) is 2.97. The molecule has 7 nitrogen and oxygen atoms in total. The van der Waals surface area contributed by atoms with Crippen LogP contribution in [0.5, 0.6) is 0 Å². The Balaban J connectivity index is 2.15. The molecule has 1 saturated carbocycles. The molecule has 22 heavy (non-hydrogen) atoms. The second kappa shape index (κ2) is 6.74. The van der Waals surface area contributed by atoms with Crippen molar-refractivity contribution in [2.24, 2.45) is 5.92 Å². The number of nitro groups is 1. The van der Waals surface area contributed by atoms with Gasteiger partial charge in [0.15, 0.2) is 0 Å². The molecule has 2 rings (SSSR count). The first-order valence-electron chi connectivity index (χ1n) is 7.36. The van der Waals surface area contributed by atoms with E-state index in [4.69, 9.17) is 10.8 Å². The molecule has 7 heteroatoms. The molecule has 0 saturated heterocycles. The lowest BCUT2D eigenvalue weighted by Gasteiger charge is -2.34. The molecule has 0 atom stereocenters. The highest BCUT2D eigenvalue weighted by Gasteiger charge is 2.29. The van der Waals surface area contributed by atoms with E-state index in [0.29, 0.717) is 5.92 Å². The van der Waals surface area contributed by atoms with Crippen molar-refractivity contribution in [2.75, 3.05) is 19.4 Å². The van der Waals surface area contributed by atoms with Gasteiger partial charge in [0, 0.05) is 25.8 Å². The Morgan fingerprint density at radius 1 is 1.41 bits per heavy atom. The van der Waals surface area contributed by atoms with Crippen LogP contribution in [0.4, 0.5) is 11.4 Å². The molecule has 1 aliphatic carbocycles. The number of nitrogens with zero attached hydrogens (tertiary/aromatic N) is 2. The highest BCUT2D eigenvalue weighted by atomic mass is 16.6. The summed E-state index contributed by atoms with van der Waals surface area (Å²) in [5, 5.41) is 20.1. The summed E-state index contributed by atoms with van der Waals surface area (Å²) in [4.78, 5) is 24.5. The number of amides is 1. The van der Waals surface area contributed by atoms with Crippen LogP contribution >= 0.6 is 0 Å². The van der Waals surface area contributed by atoms with E-state index in [1.54, 1.807) is 11.9 Å². The number of aliphatic hydroxyl groups is 1. The van der Waals surface area contributed by atoms with Gasteiger partial charge in [-0.05, 0) is 37.7 Å². The van der Waals surface area contributed by atoms with Gasteiger partial charge in [0.05, 0.1) is 10.5 Å². The van der Waals surface area contributed by atoms with Crippen molar-refractivity contribution in [3.8, 4) is 0 Å². The zero-order valence-electron chi connectivity index (χ0n) is 12.6. The summed E-state index contributed by atoms with van der Waals surface area (Å²) in [6.07, 6.45) is 3.40. The zero-order chi connectivity index (χ0) is 16.3. The maximum atomic E-state index is 12.6. The fraction of sp³-hybridized carbons (Fsp3) is 0.533. The normalized spacial score (nSPS) is 21.4. The smallest absolute Gasteiger partial charge is 0.292 e. The highest BCUT2D eigenvalue weighted by molar-refractivity contribution is 6.01. The summed E-state index contributed by atoms with van der Waals surface area (Å²) in [5.74, 6) is 0.0104. The van der Waals surface area contributed by atoms with Crippen LogP contribution in [0.2, 0.25) is 0 Å². The van der Waals surface area contributed by atoms with Gasteiger partial charge in [-0.15, -0.1) is 0 Å². The molecule has 1 amide bonds. The van der Waals surface area contributed by atoms with E-state index in [1.165, 1.54) is 18.2 Å². The molecule has 0 aromatic heterocycles. The van der Waals surface area contributed by atoms with Crippen molar-refractivity contribution in [2.45, 2.75) is 31.7 Å². The van der Waals surface area contributed by atoms with Crippen LogP contribution in [-0.4, -0.2) is 40.5 Å². The summed E-state index contributed by atoms with van der Waals surface area (Å²) in [6, 6.07) is 4.35. The molecule has 0 radical (unpaired) electrons. The molecule has 3 N–H and O–H groups in total. The van der Waals surface area contributed by atoms with Gasteiger partial charge in [-0.2, -0.15) is 0 Å². The average Bonchev–Trinajstić information content (AvgIpc) is 2.53. The predicted octanol–water partition coefficient (Wildman–Crippen LogP) is 1.80. The average molecular weight is 307 g/mol. The fourth-order valence-corrected chi connectivity index (χ4v) is 2.97. The lowest BCUT2D eigenvalue weighted by Crippen LogP contribution is -2.40. The minimum atomic E-state index is -0.585. The van der Waals surface area contributed by atoms with Gasteiger partial charge in [-0.25, -0.2) is 0 Å². The van der Waals surface area contributed by atoms with Crippen molar-refractivity contribution < 1.29 is 14.8 Å². The number of carbonyl (C=O) groups is 1. The van der Waals surface area contributed by atoms with Crippen molar-refractivity contribution in [1.82, 2.24) is 4.90 Å². The maximum Gasteiger partial charge on any atom is 0.292 e. The van der Waals surface area contributed by atoms with E-state index >= 15 is 0 Å². The van der Waals surface area contributed by atoms with E-state index in [0.717, 1.165) is 25.7 Å². The monoisotopic (exact) mass is 307 g/mol. The Hall–Kier alpha value is -2.15. The van der Waals surface area contributed by atoms with Crippen molar-refractivity contribution in [3.05, 3.63) is 33.9 Å². The minimum Gasteiger partial charge on any atom is -0.396 e. The SMILES string of the molecule is CN(C(=O)c1cccc([N+](=O)[O-])c1N)C1CCC(CO)CC1. The lowest BCUT2D eigenvalue weighted by atomic mass is 9.86. The van der Waals surface area contributed by atoms with E-state index in [9.17, 15) is 14.9 Å². The Kier molecular flexibility index (Phi) is 4.97. The summed E-state index contributed by atoms with van der Waals surface area (Å²) >= 11 is 0. The number of benzene rings is 1. The Morgan fingerprint density at radius 2 is 2.05 bits per heavy atom. The number of rotatable bonds is 4. The quantitative estimate of drug-likeness (QED) is 0.500. The van der Waals surface area contributed by atoms with Gasteiger partial charge in [-0.3, -0.25) is 14.9 Å². The second-order valence-electron chi connectivity index (χ2n) is 5.77. The number of hydrogen-bond donors (Lipinski definition) is 2. The third-order valence-corrected chi connectivity index (χ3v) is 4.45. The number of hydrogen-bond acceptors (Lipinski definition) is 5. The number of aliphatic hydroxyl groups excluding tert-OH is 1. The van der Waals surface area contributed by atoms with Gasteiger partial charge >= 0.3 is 0 Å². The van der Waals surface area contributed by atoms with E-state index in [1.807, 2.05) is 0 Å². The third kappa shape index (κ3) is 3.19. The number of para-hydroxylation sites is 1. The molecular formula is C15H21N3O4. The molecule has 0 bridgehead atoms. The van der Waals surface area contributed by atoms with Gasteiger partial charge in [0.2, 0.25) is 0 Å². The van der Waals surface area contributed by atoms with Crippen molar-refractivity contribution in [1.29, 1.82) is 0 Å². The summed E-state index contributed by atoms with van der Waals surface area (Å²) in [6.45, 7) is 0.183. The number of carbonyl (C=O) groups excluding carboxylic acids is 1. The molecule has 1 fully saturated rings. The summed E-state index contributed by atoms with van der Waals surface area (Å²) in [5.41, 5.74) is 5.60. The maximum absolute atomic E-state index is 12.6. The Labute approximate surface area is 128 Å². The molecule has 0 heterocycles. The number of nitro benzene ring substituents is 1. The van der Waals surface area contributed by atoms with E-state index in [2.05, 4.69) is 0 Å². The zero-order valence-corrected chi connectivity index (χ0v) is 12.6. The van der Waals surface area contributed by atoms with Crippen molar-refractivity contribution in [3.63, 3.8) is 0 Å². The van der Waals surface area contributed by atoms with Crippen LogP contribution in [0.15, 0.2) is 18.2 Å². The topological polar surface area (TPSA) is 110 Å². The van der Waals surface area contributed by atoms with Crippen LogP contribution in [0.3, 0.4) is 0 Å². The van der Waals surface area contributed by atoms with Crippen molar-refractivity contribution >= 4 is 17.3 Å².